The highest BCUT2D eigenvalue weighted by molar-refractivity contribution is 7.98. The first kappa shape index (κ1) is 39.0. The van der Waals surface area contributed by atoms with E-state index < -0.39 is 4.92 Å². The van der Waals surface area contributed by atoms with Gasteiger partial charge in [-0.1, -0.05) is 0 Å². The minimum Gasteiger partial charge on any atom is -0.493 e. The number of carbonyl (C=O) groups excluding carboxylic acids is 1. The Hall–Kier alpha value is -5.51. The van der Waals surface area contributed by atoms with Crippen LogP contribution in [-0.2, 0) is 6.42 Å². The maximum absolute atomic E-state index is 13.7. The number of nitrogens with zero attached hydrogens (tertiary/aromatic N) is 5. The average molecular weight is 819 g/mol. The fourth-order valence-corrected chi connectivity index (χ4v) is 10.2. The van der Waals surface area contributed by atoms with Gasteiger partial charge in [0.05, 0.1) is 30.9 Å². The van der Waals surface area contributed by atoms with Crippen molar-refractivity contribution in [3.05, 3.63) is 99.9 Å². The monoisotopic (exact) mass is 818 g/mol. The molecule has 59 heavy (non-hydrogen) atoms. The number of ether oxygens (including phenoxy) is 3. The number of H-pyrrole nitrogens is 1. The summed E-state index contributed by atoms with van der Waals surface area (Å²) < 4.78 is 20.3. The summed E-state index contributed by atoms with van der Waals surface area (Å²) in [6.45, 7) is 7.50. The summed E-state index contributed by atoms with van der Waals surface area (Å²) in [6.07, 6.45) is 9.38. The molecule has 308 valence electrons. The maximum Gasteiger partial charge on any atom is 0.293 e. The van der Waals surface area contributed by atoms with Crippen LogP contribution in [0.15, 0.2) is 78.0 Å². The number of piperazine rings is 1. The molecule has 1 atom stereocenters. The van der Waals surface area contributed by atoms with E-state index in [1.54, 1.807) is 45.7 Å². The fourth-order valence-electron chi connectivity index (χ4n) is 9.55. The summed E-state index contributed by atoms with van der Waals surface area (Å²) in [5.41, 5.74) is 5.63. The maximum atomic E-state index is 13.7. The Morgan fingerprint density at radius 2 is 1.75 bits per heavy atom. The largest absolute Gasteiger partial charge is 0.493 e. The number of piperidine rings is 1. The third-order valence-electron chi connectivity index (χ3n) is 13.0. The van der Waals surface area contributed by atoms with Crippen molar-refractivity contribution in [1.29, 1.82) is 0 Å². The van der Waals surface area contributed by atoms with Gasteiger partial charge >= 0.3 is 0 Å². The number of hydrogen-bond donors (Lipinski definition) is 3. The molecule has 2 aromatic heterocycles. The van der Waals surface area contributed by atoms with E-state index in [-0.39, 0.29) is 11.6 Å². The summed E-state index contributed by atoms with van der Waals surface area (Å²) in [5.74, 6) is 2.76. The predicted octanol–water partition coefficient (Wildman–Crippen LogP) is 7.47. The molecule has 0 radical (unpaired) electrons. The van der Waals surface area contributed by atoms with Crippen LogP contribution in [0.2, 0.25) is 0 Å². The number of nitro benzene ring substituents is 1. The van der Waals surface area contributed by atoms with Gasteiger partial charge in [-0.15, -0.1) is 0 Å². The first-order valence-electron chi connectivity index (χ1n) is 20.4. The molecule has 3 aromatic carbocycles. The zero-order valence-electron chi connectivity index (χ0n) is 33.7. The first-order chi connectivity index (χ1) is 28.7. The number of nitro groups is 1. The van der Waals surface area contributed by atoms with Gasteiger partial charge in [-0.2, -0.15) is 0 Å². The number of benzene rings is 3. The molecule has 4 aliphatic rings. The second-order valence-electron chi connectivity index (χ2n) is 16.3. The molecular weight excluding hydrogens is 769 g/mol. The van der Waals surface area contributed by atoms with Crippen LogP contribution in [0.3, 0.4) is 0 Å². The van der Waals surface area contributed by atoms with Gasteiger partial charge in [-0.3, -0.25) is 24.5 Å². The molecule has 1 unspecified atom stereocenters. The highest BCUT2D eigenvalue weighted by Crippen LogP contribution is 2.52. The number of methoxy groups -OCH3 is 2. The van der Waals surface area contributed by atoms with E-state index in [0.29, 0.717) is 45.0 Å². The van der Waals surface area contributed by atoms with Gasteiger partial charge in [0.15, 0.2) is 11.5 Å². The molecule has 5 aromatic rings. The summed E-state index contributed by atoms with van der Waals surface area (Å²) in [7, 11) is 5.04. The first-order valence-corrected chi connectivity index (χ1v) is 21.2. The van der Waals surface area contributed by atoms with Gasteiger partial charge in [0.1, 0.15) is 22.8 Å². The van der Waals surface area contributed by atoms with Crippen molar-refractivity contribution in [3.63, 3.8) is 0 Å². The number of rotatable bonds is 13. The number of pyridine rings is 1. The van der Waals surface area contributed by atoms with Crippen LogP contribution >= 0.6 is 11.9 Å². The molecule has 1 amide bonds. The Morgan fingerprint density at radius 3 is 2.49 bits per heavy atom. The van der Waals surface area contributed by atoms with Gasteiger partial charge in [-0.25, -0.2) is 4.98 Å². The number of anilines is 2. The quantitative estimate of drug-likeness (QED) is 0.0615. The van der Waals surface area contributed by atoms with Crippen LogP contribution in [0.25, 0.3) is 11.0 Å². The zero-order valence-corrected chi connectivity index (χ0v) is 34.5. The molecule has 2 aliphatic carbocycles. The number of nitrogens with one attached hydrogen (secondary N) is 3. The summed E-state index contributed by atoms with van der Waals surface area (Å²) in [4.78, 5) is 40.7. The summed E-state index contributed by atoms with van der Waals surface area (Å²) in [6, 6.07) is 19.3. The lowest BCUT2D eigenvalue weighted by Gasteiger charge is -2.56. The number of amides is 1. The Morgan fingerprint density at radius 1 is 0.966 bits per heavy atom. The number of hydrogen-bond acceptors (Lipinski definition) is 12. The van der Waals surface area contributed by atoms with Crippen molar-refractivity contribution in [2.24, 2.45) is 5.41 Å². The molecule has 0 bridgehead atoms. The highest BCUT2D eigenvalue weighted by Gasteiger charge is 2.48. The smallest absolute Gasteiger partial charge is 0.293 e. The Kier molecular flexibility index (Phi) is 10.7. The topological polar surface area (TPSA) is 150 Å². The second-order valence-corrected chi connectivity index (χ2v) is 17.2. The normalized spacial score (nSPS) is 19.1. The van der Waals surface area contributed by atoms with Crippen LogP contribution in [-0.4, -0.2) is 104 Å². The molecule has 2 aliphatic heterocycles. The molecular formula is C44H50N8O6S. The molecule has 2 saturated heterocycles. The lowest BCUT2D eigenvalue weighted by molar-refractivity contribution is -0.384. The van der Waals surface area contributed by atoms with Crippen molar-refractivity contribution < 1.29 is 23.9 Å². The van der Waals surface area contributed by atoms with Crippen LogP contribution in [0.1, 0.15) is 53.1 Å². The fraction of sp³-hybridized carbons (Fsp3) is 0.409. The number of fused-ring (bicyclic) bond motifs is 2. The van der Waals surface area contributed by atoms with E-state index in [1.807, 2.05) is 30.5 Å². The van der Waals surface area contributed by atoms with Gasteiger partial charge in [0, 0.05) is 99.1 Å². The zero-order chi connectivity index (χ0) is 40.7. The highest BCUT2D eigenvalue weighted by atomic mass is 32.2. The van der Waals surface area contributed by atoms with Gasteiger partial charge < -0.3 is 34.3 Å². The van der Waals surface area contributed by atoms with E-state index in [2.05, 4.69) is 46.8 Å². The third kappa shape index (κ3) is 7.86. The molecule has 9 rings (SSSR count). The number of aromatic amines is 1. The molecule has 14 nitrogen and oxygen atoms in total. The van der Waals surface area contributed by atoms with Crippen LogP contribution < -0.4 is 29.1 Å². The van der Waals surface area contributed by atoms with Gasteiger partial charge in [-0.05, 0) is 109 Å². The SMILES string of the molecule is CNc1ccc(SNC(=O)c2ccc(N3CCC4(CC3)CC(N3CCN(CC5Cc6cc(OC)c(OC)cc65)CC3)C4)cc2Oc2cnc3[nH]ccc3c2)cc1[N+](=O)[O-]. The van der Waals surface area contributed by atoms with Crippen molar-refractivity contribution in [1.82, 2.24) is 24.5 Å². The van der Waals surface area contributed by atoms with Crippen LogP contribution in [0.4, 0.5) is 17.1 Å². The molecule has 3 fully saturated rings. The van der Waals surface area contributed by atoms with E-state index in [1.165, 1.54) is 30.0 Å². The van der Waals surface area contributed by atoms with Crippen molar-refractivity contribution in [3.8, 4) is 23.0 Å². The van der Waals surface area contributed by atoms with Gasteiger partial charge in [0.25, 0.3) is 11.6 Å². The molecule has 1 saturated carbocycles. The Labute approximate surface area is 347 Å². The van der Waals surface area contributed by atoms with E-state index in [9.17, 15) is 14.9 Å². The van der Waals surface area contributed by atoms with Gasteiger partial charge in [0.2, 0.25) is 0 Å². The van der Waals surface area contributed by atoms with E-state index in [4.69, 9.17) is 14.2 Å². The summed E-state index contributed by atoms with van der Waals surface area (Å²) in [5, 5.41) is 15.3. The van der Waals surface area contributed by atoms with Crippen molar-refractivity contribution >= 4 is 46.0 Å². The lowest BCUT2D eigenvalue weighted by Crippen LogP contribution is -2.59. The Bertz CT molecular complexity index is 2360. The standard InChI is InChI=1S/C44H50N8O6S/c1-45-37-7-5-34(22-38(37)52(54)55)59-48-43(53)35-6-4-31(21-39(35)58-33-19-28-8-11-46-42(28)47-26-33)50-12-9-44(10-13-50)24-32(25-44)51-16-14-49(15-17-51)27-30-18-29-20-40(56-2)41(57-3)23-36(29)30/h4-8,11,19-23,26,30,32,45H,9-10,12-18,24-25,27H2,1-3H3,(H,46,47)(H,48,53). The third-order valence-corrected chi connectivity index (χ3v) is 13.8. The molecule has 4 heterocycles. The average Bonchev–Trinajstić information content (AvgIpc) is 3.72. The van der Waals surface area contributed by atoms with E-state index >= 15 is 0 Å². The lowest BCUT2D eigenvalue weighted by atomic mass is 9.60. The molecule has 15 heteroatoms. The van der Waals surface area contributed by atoms with Crippen LogP contribution in [0.5, 0.6) is 23.0 Å². The second kappa shape index (κ2) is 16.3. The van der Waals surface area contributed by atoms with E-state index in [0.717, 1.165) is 105 Å². The minimum atomic E-state index is -0.446. The summed E-state index contributed by atoms with van der Waals surface area (Å²) >= 11 is 1.02. The Balaban J connectivity index is 0.809. The predicted molar refractivity (Wildman–Crippen MR) is 229 cm³/mol. The number of aromatic nitrogens is 2. The molecule has 1 spiro atoms. The molecule has 3 N–H and O–H groups in total. The van der Waals surface area contributed by atoms with Crippen molar-refractivity contribution in [2.45, 2.75) is 49.0 Å². The van der Waals surface area contributed by atoms with Crippen LogP contribution in [0, 0.1) is 15.5 Å². The minimum absolute atomic E-state index is 0.0673. The number of carbonyl (C=O) groups is 1. The van der Waals surface area contributed by atoms with Crippen molar-refractivity contribution in [2.75, 3.05) is 77.3 Å².